The Balaban J connectivity index is -0.0000000150. The van der Waals surface area contributed by atoms with Gasteiger partial charge in [0.2, 0.25) is 0 Å². The van der Waals surface area contributed by atoms with Gasteiger partial charge in [-0.1, -0.05) is 0 Å². The Kier molecular flexibility index (Phi) is 10.2. The Morgan fingerprint density at radius 3 is 1.80 bits per heavy atom. The third kappa shape index (κ3) is 34.0. The van der Waals surface area contributed by atoms with Crippen molar-refractivity contribution in [2.24, 2.45) is 0 Å². The van der Waals surface area contributed by atoms with Gasteiger partial charge in [0.1, 0.15) is 5.78 Å². The molecule has 0 rings (SSSR count). The van der Waals surface area contributed by atoms with E-state index in [1.165, 1.54) is 13.8 Å². The maximum Gasteiger partial charge on any atom is 1.00 e. The molecule has 0 N–H and O–H groups in total. The van der Waals surface area contributed by atoms with Crippen molar-refractivity contribution in [2.45, 2.75) is 13.8 Å². The summed E-state index contributed by atoms with van der Waals surface area (Å²) in [6.45, 7) is 3.06. The zero-order valence-electron chi connectivity index (χ0n) is 4.91. The van der Waals surface area contributed by atoms with Gasteiger partial charge in [-0.05, 0) is 13.8 Å². The van der Waals surface area contributed by atoms with Crippen molar-refractivity contribution >= 4 is 5.78 Å². The summed E-state index contributed by atoms with van der Waals surface area (Å²) >= 11 is 0. The fourth-order valence-corrected chi connectivity index (χ4v) is 0. The molecule has 0 atom stereocenters. The van der Waals surface area contributed by atoms with E-state index in [4.69, 9.17) is 0 Å². The number of rotatable bonds is 0. The third-order valence-corrected chi connectivity index (χ3v) is 0. The Bertz CT molecular complexity index is 35.9. The SMILES string of the molecule is CC(C)=O.[H-].[HH].[K+]. The Hall–Kier alpha value is 1.31. The van der Waals surface area contributed by atoms with Gasteiger partial charge in [0, 0.05) is 1.43 Å². The van der Waals surface area contributed by atoms with E-state index in [2.05, 4.69) is 0 Å². The topological polar surface area (TPSA) is 17.1 Å². The van der Waals surface area contributed by atoms with Crippen LogP contribution in [0.3, 0.4) is 0 Å². The minimum Gasteiger partial charge on any atom is -1.00 e. The summed E-state index contributed by atoms with van der Waals surface area (Å²) < 4.78 is 0. The van der Waals surface area contributed by atoms with Crippen molar-refractivity contribution in [3.63, 3.8) is 0 Å². The van der Waals surface area contributed by atoms with Crippen LogP contribution in [0.2, 0.25) is 0 Å². The van der Waals surface area contributed by atoms with Gasteiger partial charge in [0.05, 0.1) is 0 Å². The summed E-state index contributed by atoms with van der Waals surface area (Å²) in [5.74, 6) is 0.167. The van der Waals surface area contributed by atoms with E-state index in [0.29, 0.717) is 0 Å². The Labute approximate surface area is 77.5 Å². The molecule has 0 aliphatic heterocycles. The molecule has 5 heavy (non-hydrogen) atoms. The van der Waals surface area contributed by atoms with E-state index in [-0.39, 0.29) is 60.0 Å². The number of hydrogen-bond acceptors (Lipinski definition) is 1. The molecule has 0 aromatic rings. The predicted octanol–water partition coefficient (Wildman–Crippen LogP) is -2.04. The van der Waals surface area contributed by atoms with E-state index >= 15 is 0 Å². The zero-order valence-corrected chi connectivity index (χ0v) is 7.03. The largest absolute Gasteiger partial charge is 1.00 e. The van der Waals surface area contributed by atoms with Gasteiger partial charge in [0.15, 0.2) is 0 Å². The van der Waals surface area contributed by atoms with E-state index < -0.39 is 0 Å². The molecule has 0 aromatic heterocycles. The van der Waals surface area contributed by atoms with Crippen LogP contribution < -0.4 is 51.4 Å². The second-order valence-corrected chi connectivity index (χ2v) is 0.908. The van der Waals surface area contributed by atoms with Crippen LogP contribution in [0.15, 0.2) is 0 Å². The van der Waals surface area contributed by atoms with Crippen LogP contribution >= 0.6 is 0 Å². The summed E-state index contributed by atoms with van der Waals surface area (Å²) in [5, 5.41) is 0. The van der Waals surface area contributed by atoms with Crippen LogP contribution in [0.4, 0.5) is 0 Å². The molecule has 0 amide bonds. The van der Waals surface area contributed by atoms with Crippen LogP contribution in [0.1, 0.15) is 16.7 Å². The second-order valence-electron chi connectivity index (χ2n) is 0.908. The maximum atomic E-state index is 9.44. The summed E-state index contributed by atoms with van der Waals surface area (Å²) in [6, 6.07) is 0. The van der Waals surface area contributed by atoms with Crippen molar-refractivity contribution < 1.29 is 59.0 Å². The molecule has 0 radical (unpaired) electrons. The number of ketones is 1. The van der Waals surface area contributed by atoms with Crippen LogP contribution in [0.5, 0.6) is 0 Å². The fourth-order valence-electron chi connectivity index (χ4n) is 0. The standard InChI is InChI=1S/C3H6O.K.H2.H/c1-3(2)4;;;/h1-2H3;;1H;/q;+1;;-1. The Morgan fingerprint density at radius 1 is 1.80 bits per heavy atom. The number of carbonyl (C=O) groups excluding carboxylic acids is 1. The van der Waals surface area contributed by atoms with Crippen molar-refractivity contribution in [3.05, 3.63) is 0 Å². The van der Waals surface area contributed by atoms with E-state index in [0.717, 1.165) is 0 Å². The van der Waals surface area contributed by atoms with Gasteiger partial charge in [-0.3, -0.25) is 0 Å². The molecule has 0 spiro atoms. The first-order chi connectivity index (χ1) is 1.73. The van der Waals surface area contributed by atoms with E-state index in [1.807, 2.05) is 0 Å². The van der Waals surface area contributed by atoms with Crippen LogP contribution in [-0.2, 0) is 4.79 Å². The molecule has 1 nitrogen and oxygen atoms in total. The fraction of sp³-hybridized carbons (Fsp3) is 0.667. The number of carbonyl (C=O) groups is 1. The zero-order chi connectivity index (χ0) is 3.58. The molecule has 0 saturated heterocycles. The summed E-state index contributed by atoms with van der Waals surface area (Å²) in [7, 11) is 0. The van der Waals surface area contributed by atoms with Gasteiger partial charge in [-0.25, -0.2) is 0 Å². The first kappa shape index (κ1) is 9.58. The molecule has 0 aliphatic rings. The molecule has 2 heteroatoms. The van der Waals surface area contributed by atoms with Gasteiger partial charge in [-0.15, -0.1) is 0 Å². The molecule has 28 valence electrons. The molecule has 0 aliphatic carbocycles. The molecule has 0 unspecified atom stereocenters. The minimum absolute atomic E-state index is 0. The van der Waals surface area contributed by atoms with E-state index in [9.17, 15) is 4.79 Å². The first-order valence-corrected chi connectivity index (χ1v) is 1.20. The normalized spacial score (nSPS) is 5.20. The maximum absolute atomic E-state index is 9.44. The molecule has 0 saturated carbocycles. The van der Waals surface area contributed by atoms with Gasteiger partial charge >= 0.3 is 51.4 Å². The minimum atomic E-state index is 0. The summed E-state index contributed by atoms with van der Waals surface area (Å²) in [4.78, 5) is 9.44. The van der Waals surface area contributed by atoms with Gasteiger partial charge in [-0.2, -0.15) is 0 Å². The van der Waals surface area contributed by atoms with Crippen LogP contribution in [0.25, 0.3) is 0 Å². The van der Waals surface area contributed by atoms with Crippen molar-refractivity contribution in [1.29, 1.82) is 0 Å². The molecular weight excluding hydrogens is 91.1 g/mol. The first-order valence-electron chi connectivity index (χ1n) is 1.20. The smallest absolute Gasteiger partial charge is 1.00 e. The summed E-state index contributed by atoms with van der Waals surface area (Å²) in [6.07, 6.45) is 0. The quantitative estimate of drug-likeness (QED) is 0.320. The summed E-state index contributed by atoms with van der Waals surface area (Å²) in [5.41, 5.74) is 0. The molecule has 0 aromatic carbocycles. The third-order valence-electron chi connectivity index (χ3n) is 0. The van der Waals surface area contributed by atoms with Crippen molar-refractivity contribution in [2.75, 3.05) is 0 Å². The van der Waals surface area contributed by atoms with Crippen LogP contribution in [-0.4, -0.2) is 5.78 Å². The monoisotopic (exact) mass is 100 g/mol. The molecule has 0 heterocycles. The number of hydrogen-bond donors (Lipinski definition) is 0. The average molecular weight is 100 g/mol. The molecular formula is C3H9KO. The van der Waals surface area contributed by atoms with Gasteiger partial charge in [0.25, 0.3) is 0 Å². The molecule has 0 bridgehead atoms. The van der Waals surface area contributed by atoms with Gasteiger partial charge < -0.3 is 6.22 Å². The van der Waals surface area contributed by atoms with E-state index in [1.54, 1.807) is 0 Å². The van der Waals surface area contributed by atoms with Crippen molar-refractivity contribution in [3.8, 4) is 0 Å². The second kappa shape index (κ2) is 5.31. The molecule has 0 fully saturated rings. The predicted molar refractivity (Wildman–Crippen MR) is 19.6 cm³/mol. The average Bonchev–Trinajstić information content (AvgIpc) is 0.811. The Morgan fingerprint density at radius 2 is 1.80 bits per heavy atom. The van der Waals surface area contributed by atoms with Crippen molar-refractivity contribution in [1.82, 2.24) is 0 Å². The number of Topliss-reactive ketones (excluding diaryl/α,β-unsaturated/α-hetero) is 1. The van der Waals surface area contributed by atoms with Crippen LogP contribution in [0, 0.1) is 0 Å².